The minimum atomic E-state index is -0.0271. The van der Waals surface area contributed by atoms with E-state index in [0.29, 0.717) is 5.92 Å². The van der Waals surface area contributed by atoms with Crippen LogP contribution in [0.4, 0.5) is 0 Å². The van der Waals surface area contributed by atoms with Crippen molar-refractivity contribution in [2.45, 2.75) is 51.4 Å². The van der Waals surface area contributed by atoms with Crippen molar-refractivity contribution in [1.82, 2.24) is 9.97 Å². The summed E-state index contributed by atoms with van der Waals surface area (Å²) in [4.78, 5) is 18.3. The molecular formula is C13H20N2O. The second kappa shape index (κ2) is 5.28. The molecule has 0 unspecified atom stereocenters. The van der Waals surface area contributed by atoms with Gasteiger partial charge in [-0.15, -0.1) is 0 Å². The lowest BCUT2D eigenvalue weighted by atomic mass is 9.80. The van der Waals surface area contributed by atoms with Crippen LogP contribution in [0.3, 0.4) is 0 Å². The van der Waals surface area contributed by atoms with E-state index in [1.54, 1.807) is 6.20 Å². The van der Waals surface area contributed by atoms with Crippen LogP contribution in [0.2, 0.25) is 0 Å². The predicted molar refractivity (Wildman–Crippen MR) is 64.5 cm³/mol. The molecule has 3 heteroatoms. The summed E-state index contributed by atoms with van der Waals surface area (Å²) in [6, 6.07) is 1.48. The first-order valence-electron chi connectivity index (χ1n) is 6.34. The molecule has 88 valence electrons. The Hall–Kier alpha value is -1.12. The average molecular weight is 220 g/mol. The monoisotopic (exact) mass is 220 g/mol. The lowest BCUT2D eigenvalue weighted by Crippen LogP contribution is -2.18. The van der Waals surface area contributed by atoms with Crippen LogP contribution in [0.15, 0.2) is 17.1 Å². The summed E-state index contributed by atoms with van der Waals surface area (Å²) < 4.78 is 0. The highest BCUT2D eigenvalue weighted by atomic mass is 16.1. The van der Waals surface area contributed by atoms with Crippen LogP contribution in [0.25, 0.3) is 0 Å². The Bertz CT molecular complexity index is 378. The van der Waals surface area contributed by atoms with E-state index >= 15 is 0 Å². The van der Waals surface area contributed by atoms with E-state index in [9.17, 15) is 4.79 Å². The third-order valence-corrected chi connectivity index (χ3v) is 3.62. The molecule has 16 heavy (non-hydrogen) atoms. The van der Waals surface area contributed by atoms with Crippen LogP contribution in [0.5, 0.6) is 0 Å². The zero-order chi connectivity index (χ0) is 11.4. The molecule has 1 aliphatic carbocycles. The highest BCUT2D eigenvalue weighted by Gasteiger charge is 2.22. The quantitative estimate of drug-likeness (QED) is 0.851. The highest BCUT2D eigenvalue weighted by Crippen LogP contribution is 2.35. The summed E-state index contributed by atoms with van der Waals surface area (Å²) >= 11 is 0. The first kappa shape index (κ1) is 11.4. The van der Waals surface area contributed by atoms with Gasteiger partial charge in [-0.05, 0) is 31.6 Å². The number of aromatic amines is 1. The van der Waals surface area contributed by atoms with Crippen LogP contribution in [-0.2, 0) is 0 Å². The van der Waals surface area contributed by atoms with Crippen molar-refractivity contribution in [3.63, 3.8) is 0 Å². The summed E-state index contributed by atoms with van der Waals surface area (Å²) in [5.41, 5.74) is -0.0271. The summed E-state index contributed by atoms with van der Waals surface area (Å²) in [7, 11) is 0. The molecule has 0 radical (unpaired) electrons. The molecule has 0 bridgehead atoms. The van der Waals surface area contributed by atoms with E-state index in [1.165, 1.54) is 44.6 Å². The number of rotatable bonds is 3. The standard InChI is InChI=1S/C13H20N2O/c1-2-3-10-4-6-11(7-5-10)13-14-9-8-12(16)15-13/h8-11H,2-7H2,1H3,(H,14,15,16). The molecule has 0 atom stereocenters. The van der Waals surface area contributed by atoms with Gasteiger partial charge in [0.25, 0.3) is 5.56 Å². The highest BCUT2D eigenvalue weighted by molar-refractivity contribution is 4.99. The smallest absolute Gasteiger partial charge is 0.250 e. The van der Waals surface area contributed by atoms with Crippen molar-refractivity contribution in [2.24, 2.45) is 5.92 Å². The van der Waals surface area contributed by atoms with E-state index in [4.69, 9.17) is 0 Å². The maximum absolute atomic E-state index is 11.2. The molecule has 1 heterocycles. The third-order valence-electron chi connectivity index (χ3n) is 3.62. The molecule has 0 spiro atoms. The van der Waals surface area contributed by atoms with E-state index in [1.807, 2.05) is 0 Å². The Morgan fingerprint density at radius 2 is 2.12 bits per heavy atom. The van der Waals surface area contributed by atoms with Gasteiger partial charge in [0.15, 0.2) is 0 Å². The number of hydrogen-bond donors (Lipinski definition) is 1. The van der Waals surface area contributed by atoms with Crippen molar-refractivity contribution in [3.05, 3.63) is 28.4 Å². The molecule has 1 fully saturated rings. The van der Waals surface area contributed by atoms with Gasteiger partial charge in [-0.25, -0.2) is 4.98 Å². The summed E-state index contributed by atoms with van der Waals surface area (Å²) in [6.07, 6.45) is 9.19. The van der Waals surface area contributed by atoms with Crippen molar-refractivity contribution in [1.29, 1.82) is 0 Å². The molecule has 0 saturated heterocycles. The summed E-state index contributed by atoms with van der Waals surface area (Å²) in [6.45, 7) is 2.25. The Balaban J connectivity index is 1.96. The molecule has 0 aromatic carbocycles. The van der Waals surface area contributed by atoms with Crippen LogP contribution in [0, 0.1) is 5.92 Å². The fourth-order valence-corrected chi connectivity index (χ4v) is 2.73. The van der Waals surface area contributed by atoms with Crippen LogP contribution < -0.4 is 5.56 Å². The Labute approximate surface area is 96.3 Å². The Morgan fingerprint density at radius 1 is 1.38 bits per heavy atom. The molecule has 1 aromatic rings. The third kappa shape index (κ3) is 2.71. The molecule has 1 saturated carbocycles. The van der Waals surface area contributed by atoms with E-state index in [-0.39, 0.29) is 5.56 Å². The van der Waals surface area contributed by atoms with Gasteiger partial charge in [0.1, 0.15) is 5.82 Å². The van der Waals surface area contributed by atoms with Crippen molar-refractivity contribution < 1.29 is 0 Å². The van der Waals surface area contributed by atoms with Gasteiger partial charge in [-0.2, -0.15) is 0 Å². The largest absolute Gasteiger partial charge is 0.310 e. The van der Waals surface area contributed by atoms with Gasteiger partial charge in [0, 0.05) is 18.2 Å². The van der Waals surface area contributed by atoms with E-state index in [0.717, 1.165) is 11.7 Å². The zero-order valence-electron chi connectivity index (χ0n) is 9.91. The zero-order valence-corrected chi connectivity index (χ0v) is 9.91. The van der Waals surface area contributed by atoms with Crippen molar-refractivity contribution in [3.8, 4) is 0 Å². The summed E-state index contributed by atoms with van der Waals surface area (Å²) in [5.74, 6) is 2.26. The van der Waals surface area contributed by atoms with Crippen LogP contribution >= 0.6 is 0 Å². The normalized spacial score (nSPS) is 25.6. The number of hydrogen-bond acceptors (Lipinski definition) is 2. The van der Waals surface area contributed by atoms with Crippen molar-refractivity contribution >= 4 is 0 Å². The van der Waals surface area contributed by atoms with Gasteiger partial charge in [-0.3, -0.25) is 4.79 Å². The van der Waals surface area contributed by atoms with Crippen LogP contribution in [0.1, 0.15) is 57.2 Å². The fraction of sp³-hybridized carbons (Fsp3) is 0.692. The maximum Gasteiger partial charge on any atom is 0.250 e. The van der Waals surface area contributed by atoms with E-state index < -0.39 is 0 Å². The topological polar surface area (TPSA) is 45.8 Å². The van der Waals surface area contributed by atoms with Crippen molar-refractivity contribution in [2.75, 3.05) is 0 Å². The second-order valence-electron chi connectivity index (χ2n) is 4.83. The SMILES string of the molecule is CCCC1CCC(c2nccc(=O)[nH]2)CC1. The predicted octanol–water partition coefficient (Wildman–Crippen LogP) is 2.84. The first-order valence-corrected chi connectivity index (χ1v) is 6.34. The molecule has 1 aromatic heterocycles. The van der Waals surface area contributed by atoms with Crippen LogP contribution in [-0.4, -0.2) is 9.97 Å². The molecule has 0 aliphatic heterocycles. The van der Waals surface area contributed by atoms with Gasteiger partial charge in [0.2, 0.25) is 0 Å². The lowest BCUT2D eigenvalue weighted by Gasteiger charge is -2.27. The minimum absolute atomic E-state index is 0.0271. The fourth-order valence-electron chi connectivity index (χ4n) is 2.73. The number of H-pyrrole nitrogens is 1. The maximum atomic E-state index is 11.2. The Kier molecular flexibility index (Phi) is 3.75. The molecule has 1 aliphatic rings. The molecular weight excluding hydrogens is 200 g/mol. The first-order chi connectivity index (χ1) is 7.79. The minimum Gasteiger partial charge on any atom is -0.310 e. The molecule has 2 rings (SSSR count). The number of aromatic nitrogens is 2. The number of nitrogens with zero attached hydrogens (tertiary/aromatic N) is 1. The second-order valence-corrected chi connectivity index (χ2v) is 4.83. The van der Waals surface area contributed by atoms with Gasteiger partial charge in [0.05, 0.1) is 0 Å². The lowest BCUT2D eigenvalue weighted by molar-refractivity contribution is 0.302. The van der Waals surface area contributed by atoms with Gasteiger partial charge < -0.3 is 4.98 Å². The van der Waals surface area contributed by atoms with Gasteiger partial charge >= 0.3 is 0 Å². The molecule has 0 amide bonds. The summed E-state index contributed by atoms with van der Waals surface area (Å²) in [5, 5.41) is 0. The Morgan fingerprint density at radius 3 is 2.75 bits per heavy atom. The average Bonchev–Trinajstić information content (AvgIpc) is 2.30. The van der Waals surface area contributed by atoms with E-state index in [2.05, 4.69) is 16.9 Å². The molecule has 1 N–H and O–H groups in total. The molecule has 3 nitrogen and oxygen atoms in total. The van der Waals surface area contributed by atoms with Gasteiger partial charge in [-0.1, -0.05) is 19.8 Å². The number of nitrogens with one attached hydrogen (secondary N) is 1.